The number of carbonyl (C=O) groups is 1. The Morgan fingerprint density at radius 3 is 2.50 bits per heavy atom. The molecule has 0 bridgehead atoms. The van der Waals surface area contributed by atoms with Gasteiger partial charge in [-0.2, -0.15) is 5.26 Å². The standard InChI is InChI=1S/C19H21N3O2/c1-11-8-15(23)18-16(9-11)24-19(21)14(10-20)17(18)12-4-6-13(7-5-12)22(2)3/h4-7,11,17H,8-9,21H2,1-3H3/t11-,17+/m0/s1. The number of nitrogens with zero attached hydrogens (tertiary/aromatic N) is 2. The minimum atomic E-state index is -0.435. The molecule has 0 aromatic heterocycles. The quantitative estimate of drug-likeness (QED) is 0.905. The molecular weight excluding hydrogens is 302 g/mol. The van der Waals surface area contributed by atoms with E-state index < -0.39 is 5.92 Å². The van der Waals surface area contributed by atoms with E-state index in [0.717, 1.165) is 11.3 Å². The molecule has 124 valence electrons. The van der Waals surface area contributed by atoms with E-state index in [2.05, 4.69) is 6.07 Å². The molecule has 2 atom stereocenters. The van der Waals surface area contributed by atoms with E-state index in [4.69, 9.17) is 10.5 Å². The third-order valence-corrected chi connectivity index (χ3v) is 4.61. The highest BCUT2D eigenvalue weighted by Crippen LogP contribution is 2.44. The largest absolute Gasteiger partial charge is 0.444 e. The van der Waals surface area contributed by atoms with E-state index >= 15 is 0 Å². The number of carbonyl (C=O) groups excluding carboxylic acids is 1. The molecule has 24 heavy (non-hydrogen) atoms. The summed E-state index contributed by atoms with van der Waals surface area (Å²) in [5.74, 6) is 0.571. The lowest BCUT2D eigenvalue weighted by Crippen LogP contribution is -2.29. The number of rotatable bonds is 2. The molecule has 3 rings (SSSR count). The Balaban J connectivity index is 2.11. The average molecular weight is 323 g/mol. The number of Topliss-reactive ketones (excluding diaryl/α,β-unsaturated/α-hetero) is 1. The summed E-state index contributed by atoms with van der Waals surface area (Å²) in [7, 11) is 3.93. The predicted octanol–water partition coefficient (Wildman–Crippen LogP) is 2.81. The van der Waals surface area contributed by atoms with Gasteiger partial charge < -0.3 is 15.4 Å². The SMILES string of the molecule is C[C@H]1CC(=O)C2=C(C1)OC(N)=C(C#N)[C@H]2c1ccc(N(C)C)cc1. The van der Waals surface area contributed by atoms with Crippen molar-refractivity contribution in [1.82, 2.24) is 0 Å². The van der Waals surface area contributed by atoms with Gasteiger partial charge in [-0.15, -0.1) is 0 Å². The molecule has 1 heterocycles. The first kappa shape index (κ1) is 16.1. The van der Waals surface area contributed by atoms with Crippen LogP contribution in [0.5, 0.6) is 0 Å². The van der Waals surface area contributed by atoms with Crippen molar-refractivity contribution in [3.05, 3.63) is 52.6 Å². The number of ether oxygens (including phenoxy) is 1. The number of hydrogen-bond acceptors (Lipinski definition) is 5. The average Bonchev–Trinajstić information content (AvgIpc) is 2.53. The Bertz CT molecular complexity index is 782. The molecule has 0 radical (unpaired) electrons. The summed E-state index contributed by atoms with van der Waals surface area (Å²) < 4.78 is 5.63. The van der Waals surface area contributed by atoms with Crippen LogP contribution < -0.4 is 10.6 Å². The van der Waals surface area contributed by atoms with Crippen molar-refractivity contribution >= 4 is 11.5 Å². The van der Waals surface area contributed by atoms with Gasteiger partial charge in [0.25, 0.3) is 0 Å². The molecule has 0 saturated carbocycles. The fourth-order valence-electron chi connectivity index (χ4n) is 3.39. The van der Waals surface area contributed by atoms with Crippen LogP contribution in [-0.2, 0) is 9.53 Å². The van der Waals surface area contributed by atoms with E-state index in [9.17, 15) is 10.1 Å². The molecule has 1 aliphatic carbocycles. The van der Waals surface area contributed by atoms with Crippen molar-refractivity contribution in [2.75, 3.05) is 19.0 Å². The number of nitriles is 1. The number of nitrogens with two attached hydrogens (primary N) is 1. The van der Waals surface area contributed by atoms with Crippen LogP contribution in [0.15, 0.2) is 47.1 Å². The van der Waals surface area contributed by atoms with E-state index in [1.807, 2.05) is 50.2 Å². The second-order valence-electron chi connectivity index (χ2n) is 6.68. The highest BCUT2D eigenvalue weighted by molar-refractivity contribution is 5.99. The molecule has 1 aromatic rings. The molecule has 0 spiro atoms. The normalized spacial score (nSPS) is 23.5. The monoisotopic (exact) mass is 323 g/mol. The summed E-state index contributed by atoms with van der Waals surface area (Å²) in [5.41, 5.74) is 8.82. The maximum Gasteiger partial charge on any atom is 0.205 e. The molecule has 5 heteroatoms. The zero-order valence-electron chi connectivity index (χ0n) is 14.2. The van der Waals surface area contributed by atoms with E-state index in [1.54, 1.807) is 0 Å². The summed E-state index contributed by atoms with van der Waals surface area (Å²) in [6.07, 6.45) is 1.15. The third kappa shape index (κ3) is 2.65. The molecule has 1 aromatic carbocycles. The maximum atomic E-state index is 12.6. The van der Waals surface area contributed by atoms with Gasteiger partial charge in [-0.25, -0.2) is 0 Å². The minimum Gasteiger partial charge on any atom is -0.444 e. The van der Waals surface area contributed by atoms with Crippen LogP contribution in [0.25, 0.3) is 0 Å². The Hall–Kier alpha value is -2.74. The van der Waals surface area contributed by atoms with Gasteiger partial charge in [0.15, 0.2) is 5.78 Å². The molecular formula is C19H21N3O2. The summed E-state index contributed by atoms with van der Waals surface area (Å²) in [4.78, 5) is 14.6. The van der Waals surface area contributed by atoms with Gasteiger partial charge in [-0.1, -0.05) is 19.1 Å². The van der Waals surface area contributed by atoms with Crippen molar-refractivity contribution in [2.24, 2.45) is 11.7 Å². The van der Waals surface area contributed by atoms with Crippen molar-refractivity contribution in [3.63, 3.8) is 0 Å². The predicted molar refractivity (Wildman–Crippen MR) is 91.9 cm³/mol. The van der Waals surface area contributed by atoms with Crippen molar-refractivity contribution in [1.29, 1.82) is 5.26 Å². The highest BCUT2D eigenvalue weighted by Gasteiger charge is 2.39. The molecule has 0 amide bonds. The lowest BCUT2D eigenvalue weighted by atomic mass is 9.75. The molecule has 1 aliphatic heterocycles. The van der Waals surface area contributed by atoms with Crippen LogP contribution in [0.1, 0.15) is 31.2 Å². The summed E-state index contributed by atoms with van der Waals surface area (Å²) in [6, 6.07) is 9.99. The Morgan fingerprint density at radius 1 is 1.25 bits per heavy atom. The van der Waals surface area contributed by atoms with E-state index in [-0.39, 0.29) is 17.6 Å². The zero-order chi connectivity index (χ0) is 17.4. The minimum absolute atomic E-state index is 0.0469. The number of anilines is 1. The van der Waals surface area contributed by atoms with Crippen molar-refractivity contribution in [3.8, 4) is 6.07 Å². The lowest BCUT2D eigenvalue weighted by Gasteiger charge is -2.33. The Morgan fingerprint density at radius 2 is 1.92 bits per heavy atom. The van der Waals surface area contributed by atoms with Gasteiger partial charge in [-0.3, -0.25) is 4.79 Å². The van der Waals surface area contributed by atoms with Gasteiger partial charge >= 0.3 is 0 Å². The van der Waals surface area contributed by atoms with Gasteiger partial charge in [0.05, 0.1) is 5.92 Å². The summed E-state index contributed by atoms with van der Waals surface area (Å²) in [5, 5.41) is 9.55. The topological polar surface area (TPSA) is 79.3 Å². The highest BCUT2D eigenvalue weighted by atomic mass is 16.5. The van der Waals surface area contributed by atoms with Crippen molar-refractivity contribution < 1.29 is 9.53 Å². The molecule has 0 unspecified atom stereocenters. The van der Waals surface area contributed by atoms with E-state index in [0.29, 0.717) is 29.7 Å². The molecule has 2 aliphatic rings. The maximum absolute atomic E-state index is 12.6. The Labute approximate surface area is 142 Å². The number of hydrogen-bond donors (Lipinski definition) is 1. The van der Waals surface area contributed by atoms with Crippen LogP contribution in [0, 0.1) is 17.2 Å². The summed E-state index contributed by atoms with van der Waals surface area (Å²) >= 11 is 0. The van der Waals surface area contributed by atoms with Gasteiger partial charge in [0.2, 0.25) is 5.88 Å². The summed E-state index contributed by atoms with van der Waals surface area (Å²) in [6.45, 7) is 2.02. The fourth-order valence-corrected chi connectivity index (χ4v) is 3.39. The first-order valence-corrected chi connectivity index (χ1v) is 8.03. The number of allylic oxidation sites excluding steroid dienone is 3. The Kier molecular flexibility index (Phi) is 4.06. The number of ketones is 1. The smallest absolute Gasteiger partial charge is 0.205 e. The first-order valence-electron chi connectivity index (χ1n) is 8.03. The van der Waals surface area contributed by atoms with Crippen LogP contribution >= 0.6 is 0 Å². The third-order valence-electron chi connectivity index (χ3n) is 4.61. The zero-order valence-corrected chi connectivity index (χ0v) is 14.2. The fraction of sp³-hybridized carbons (Fsp3) is 0.368. The van der Waals surface area contributed by atoms with Gasteiger partial charge in [0, 0.05) is 38.2 Å². The molecule has 5 nitrogen and oxygen atoms in total. The second kappa shape index (κ2) is 6.04. The molecule has 0 fully saturated rings. The first-order chi connectivity index (χ1) is 11.4. The lowest BCUT2D eigenvalue weighted by molar-refractivity contribution is -0.117. The second-order valence-corrected chi connectivity index (χ2v) is 6.68. The van der Waals surface area contributed by atoms with Crippen LogP contribution in [0.4, 0.5) is 5.69 Å². The molecule has 0 saturated heterocycles. The number of benzene rings is 1. The van der Waals surface area contributed by atoms with E-state index in [1.165, 1.54) is 0 Å². The van der Waals surface area contributed by atoms with Crippen LogP contribution in [0.2, 0.25) is 0 Å². The van der Waals surface area contributed by atoms with Crippen molar-refractivity contribution in [2.45, 2.75) is 25.7 Å². The van der Waals surface area contributed by atoms with Crippen LogP contribution in [0.3, 0.4) is 0 Å². The van der Waals surface area contributed by atoms with Gasteiger partial charge in [0.1, 0.15) is 17.4 Å². The van der Waals surface area contributed by atoms with Gasteiger partial charge in [-0.05, 0) is 23.6 Å². The molecule has 2 N–H and O–H groups in total. The van der Waals surface area contributed by atoms with Crippen LogP contribution in [-0.4, -0.2) is 19.9 Å².